The van der Waals surface area contributed by atoms with Crippen LogP contribution in [-0.2, 0) is 16.6 Å². The van der Waals surface area contributed by atoms with Gasteiger partial charge in [-0.15, -0.1) is 0 Å². The maximum Gasteiger partial charge on any atom is 0.240 e. The van der Waals surface area contributed by atoms with Crippen LogP contribution in [-0.4, -0.2) is 31.1 Å². The largest absolute Gasteiger partial charge is 0.494 e. The molecule has 6 nitrogen and oxygen atoms in total. The van der Waals surface area contributed by atoms with E-state index >= 15 is 0 Å². The third-order valence-electron chi connectivity index (χ3n) is 3.14. The predicted molar refractivity (Wildman–Crippen MR) is 84.3 cm³/mol. The molecule has 7 heteroatoms. The van der Waals surface area contributed by atoms with Crippen molar-refractivity contribution >= 4 is 10.0 Å². The Bertz CT molecular complexity index is 652. The number of ether oxygens (including phenoxy) is 1. The van der Waals surface area contributed by atoms with Crippen molar-refractivity contribution in [2.24, 2.45) is 0 Å². The van der Waals surface area contributed by atoms with E-state index in [2.05, 4.69) is 9.71 Å². The Balaban J connectivity index is 1.77. The Morgan fingerprint density at radius 3 is 2.64 bits per heavy atom. The van der Waals surface area contributed by atoms with Crippen molar-refractivity contribution in [1.82, 2.24) is 14.3 Å². The van der Waals surface area contributed by atoms with Gasteiger partial charge in [-0.05, 0) is 44.0 Å². The number of imidazole rings is 1. The van der Waals surface area contributed by atoms with Gasteiger partial charge >= 0.3 is 0 Å². The molecule has 0 radical (unpaired) electrons. The molecule has 1 aromatic heterocycles. The molecule has 0 amide bonds. The summed E-state index contributed by atoms with van der Waals surface area (Å²) in [6, 6.07) is 6.44. The highest BCUT2D eigenvalue weighted by atomic mass is 32.2. The number of aromatic nitrogens is 2. The number of hydrogen-bond donors (Lipinski definition) is 1. The SMILES string of the molecule is CCOc1ccc(S(=O)(=O)NCCCCn2ccnc2)cc1. The predicted octanol–water partition coefficient (Wildman–Crippen LogP) is 2.04. The number of unbranched alkanes of at least 4 members (excludes halogenated alkanes) is 1. The summed E-state index contributed by atoms with van der Waals surface area (Å²) in [5.41, 5.74) is 0. The Kier molecular flexibility index (Phi) is 5.97. The summed E-state index contributed by atoms with van der Waals surface area (Å²) in [6.45, 7) is 3.70. The lowest BCUT2D eigenvalue weighted by atomic mass is 10.3. The van der Waals surface area contributed by atoms with Gasteiger partial charge in [-0.3, -0.25) is 0 Å². The maximum atomic E-state index is 12.1. The Hall–Kier alpha value is -1.86. The van der Waals surface area contributed by atoms with Crippen LogP contribution in [0.4, 0.5) is 0 Å². The molecule has 1 aromatic carbocycles. The molecule has 0 bridgehead atoms. The summed E-state index contributed by atoms with van der Waals surface area (Å²) in [5.74, 6) is 0.668. The monoisotopic (exact) mass is 323 g/mol. The molecule has 0 atom stereocenters. The zero-order valence-electron chi connectivity index (χ0n) is 12.6. The van der Waals surface area contributed by atoms with Crippen molar-refractivity contribution in [1.29, 1.82) is 0 Å². The first-order valence-electron chi connectivity index (χ1n) is 7.30. The highest BCUT2D eigenvalue weighted by molar-refractivity contribution is 7.89. The summed E-state index contributed by atoms with van der Waals surface area (Å²) in [5, 5.41) is 0. The Labute approximate surface area is 131 Å². The molecule has 0 spiro atoms. The number of nitrogens with one attached hydrogen (secondary N) is 1. The third-order valence-corrected chi connectivity index (χ3v) is 4.62. The summed E-state index contributed by atoms with van der Waals surface area (Å²) in [6.07, 6.45) is 7.04. The molecule has 0 saturated carbocycles. The van der Waals surface area contributed by atoms with E-state index in [1.54, 1.807) is 36.8 Å². The van der Waals surface area contributed by atoms with Crippen molar-refractivity contribution in [3.8, 4) is 5.75 Å². The van der Waals surface area contributed by atoms with E-state index in [1.165, 1.54) is 0 Å². The van der Waals surface area contributed by atoms with Crippen molar-refractivity contribution in [3.63, 3.8) is 0 Å². The van der Waals surface area contributed by atoms with Crippen molar-refractivity contribution in [2.75, 3.05) is 13.2 Å². The average Bonchev–Trinajstić information content (AvgIpc) is 3.01. The minimum atomic E-state index is -3.45. The molecule has 2 rings (SSSR count). The second-order valence-electron chi connectivity index (χ2n) is 4.81. The van der Waals surface area contributed by atoms with Gasteiger partial charge in [0, 0.05) is 25.5 Å². The van der Waals surface area contributed by atoms with Crippen molar-refractivity contribution < 1.29 is 13.2 Å². The van der Waals surface area contributed by atoms with Gasteiger partial charge in [0.2, 0.25) is 10.0 Å². The fraction of sp³-hybridized carbons (Fsp3) is 0.400. The minimum absolute atomic E-state index is 0.255. The van der Waals surface area contributed by atoms with Crippen molar-refractivity contribution in [2.45, 2.75) is 31.2 Å². The quantitative estimate of drug-likeness (QED) is 0.717. The lowest BCUT2D eigenvalue weighted by Crippen LogP contribution is -2.24. The molecule has 0 aliphatic rings. The van der Waals surface area contributed by atoms with Crippen LogP contribution in [0.25, 0.3) is 0 Å². The average molecular weight is 323 g/mol. The standard InChI is InChI=1S/C15H21N3O3S/c1-2-21-14-5-7-15(8-6-14)22(19,20)17-9-3-4-11-18-12-10-16-13-18/h5-8,10,12-13,17H,2-4,9,11H2,1H3. The first kappa shape index (κ1) is 16.5. The maximum absolute atomic E-state index is 12.1. The van der Waals surface area contributed by atoms with E-state index < -0.39 is 10.0 Å². The molecule has 1 N–H and O–H groups in total. The number of aryl methyl sites for hydroxylation is 1. The zero-order valence-corrected chi connectivity index (χ0v) is 13.4. The first-order chi connectivity index (χ1) is 10.6. The molecule has 0 saturated heterocycles. The smallest absolute Gasteiger partial charge is 0.240 e. The van der Waals surface area contributed by atoms with Gasteiger partial charge in [-0.25, -0.2) is 18.1 Å². The van der Waals surface area contributed by atoms with E-state index in [0.717, 1.165) is 19.4 Å². The van der Waals surface area contributed by atoms with Crippen molar-refractivity contribution in [3.05, 3.63) is 43.0 Å². The van der Waals surface area contributed by atoms with Gasteiger partial charge in [-0.1, -0.05) is 0 Å². The Morgan fingerprint density at radius 1 is 1.23 bits per heavy atom. The van der Waals surface area contributed by atoms with Gasteiger partial charge in [-0.2, -0.15) is 0 Å². The van der Waals surface area contributed by atoms with Crippen LogP contribution >= 0.6 is 0 Å². The fourth-order valence-electron chi connectivity index (χ4n) is 2.01. The molecule has 1 heterocycles. The number of sulfonamides is 1. The fourth-order valence-corrected chi connectivity index (χ4v) is 3.08. The molecule has 22 heavy (non-hydrogen) atoms. The molecule has 0 unspecified atom stereocenters. The van der Waals surface area contributed by atoms with Crippen LogP contribution in [0.15, 0.2) is 47.9 Å². The number of hydrogen-bond acceptors (Lipinski definition) is 4. The van der Waals surface area contributed by atoms with E-state index in [0.29, 0.717) is 18.9 Å². The molecule has 0 aliphatic heterocycles. The number of nitrogens with zero attached hydrogens (tertiary/aromatic N) is 2. The highest BCUT2D eigenvalue weighted by Crippen LogP contribution is 2.15. The number of rotatable bonds is 9. The molecule has 0 fully saturated rings. The number of benzene rings is 1. The Morgan fingerprint density at radius 2 is 2.00 bits per heavy atom. The van der Waals surface area contributed by atoms with E-state index in [4.69, 9.17) is 4.74 Å². The molecule has 120 valence electrons. The molecule has 2 aromatic rings. The van der Waals surface area contributed by atoms with E-state index in [9.17, 15) is 8.42 Å². The molecule has 0 aliphatic carbocycles. The normalized spacial score (nSPS) is 11.5. The van der Waals surface area contributed by atoms with Crippen LogP contribution < -0.4 is 9.46 Å². The van der Waals surface area contributed by atoms with Gasteiger partial charge in [0.1, 0.15) is 5.75 Å². The van der Waals surface area contributed by atoms with Gasteiger partial charge in [0.05, 0.1) is 17.8 Å². The van der Waals surface area contributed by atoms with E-state index in [-0.39, 0.29) is 4.90 Å². The second-order valence-corrected chi connectivity index (χ2v) is 6.58. The highest BCUT2D eigenvalue weighted by Gasteiger charge is 2.12. The first-order valence-corrected chi connectivity index (χ1v) is 8.78. The minimum Gasteiger partial charge on any atom is -0.494 e. The van der Waals surface area contributed by atoms with Gasteiger partial charge < -0.3 is 9.30 Å². The van der Waals surface area contributed by atoms with Crippen LogP contribution in [0.3, 0.4) is 0 Å². The molecular formula is C15H21N3O3S. The van der Waals surface area contributed by atoms with Crippen LogP contribution in [0.1, 0.15) is 19.8 Å². The third kappa shape index (κ3) is 4.85. The van der Waals surface area contributed by atoms with Gasteiger partial charge in [0.25, 0.3) is 0 Å². The summed E-state index contributed by atoms with van der Waals surface area (Å²) in [4.78, 5) is 4.22. The molecular weight excluding hydrogens is 302 g/mol. The lowest BCUT2D eigenvalue weighted by molar-refractivity contribution is 0.340. The zero-order chi connectivity index (χ0) is 15.8. The summed E-state index contributed by atoms with van der Waals surface area (Å²) in [7, 11) is -3.45. The summed E-state index contributed by atoms with van der Waals surface area (Å²) >= 11 is 0. The van der Waals surface area contributed by atoms with Crippen LogP contribution in [0.2, 0.25) is 0 Å². The topological polar surface area (TPSA) is 73.2 Å². The van der Waals surface area contributed by atoms with Crippen LogP contribution in [0.5, 0.6) is 5.75 Å². The van der Waals surface area contributed by atoms with Gasteiger partial charge in [0.15, 0.2) is 0 Å². The summed E-state index contributed by atoms with van der Waals surface area (Å²) < 4.78 is 34.1. The lowest BCUT2D eigenvalue weighted by Gasteiger charge is -2.08. The van der Waals surface area contributed by atoms with Crippen LogP contribution in [0, 0.1) is 0 Å². The second kappa shape index (κ2) is 7.95. The van der Waals surface area contributed by atoms with E-state index in [1.807, 2.05) is 17.7 Å².